The molecular formula is C7H12O2. The molecule has 2 atom stereocenters. The first-order valence-corrected chi connectivity index (χ1v) is 3.64. The quantitative estimate of drug-likeness (QED) is 0.513. The van der Waals surface area contributed by atoms with Crippen LogP contribution in [-0.4, -0.2) is 25.9 Å². The molecule has 0 bridgehead atoms. The zero-order chi connectivity index (χ0) is 6.10. The molecule has 2 fully saturated rings. The van der Waals surface area contributed by atoms with Crippen molar-refractivity contribution in [2.75, 3.05) is 19.8 Å². The third-order valence-electron chi connectivity index (χ3n) is 2.02. The molecule has 0 unspecified atom stereocenters. The lowest BCUT2D eigenvalue weighted by Gasteiger charge is -2.01. The second kappa shape index (κ2) is 2.27. The average Bonchev–Trinajstić information content (AvgIpc) is 2.46. The van der Waals surface area contributed by atoms with E-state index >= 15 is 0 Å². The van der Waals surface area contributed by atoms with Crippen LogP contribution < -0.4 is 0 Å². The zero-order valence-electron chi connectivity index (χ0n) is 5.51. The van der Waals surface area contributed by atoms with Crippen molar-refractivity contribution in [1.29, 1.82) is 0 Å². The van der Waals surface area contributed by atoms with Crippen LogP contribution in [0.5, 0.6) is 0 Å². The van der Waals surface area contributed by atoms with Crippen LogP contribution in [0.1, 0.15) is 12.8 Å². The highest BCUT2D eigenvalue weighted by Crippen LogP contribution is 2.24. The van der Waals surface area contributed by atoms with Gasteiger partial charge in [0.25, 0.3) is 0 Å². The maximum absolute atomic E-state index is 5.23. The molecule has 0 aromatic carbocycles. The lowest BCUT2D eigenvalue weighted by atomic mass is 10.0. The summed E-state index contributed by atoms with van der Waals surface area (Å²) in [5, 5.41) is 0. The zero-order valence-corrected chi connectivity index (χ0v) is 5.51. The van der Waals surface area contributed by atoms with Gasteiger partial charge in [-0.15, -0.1) is 0 Å². The minimum absolute atomic E-state index is 0.594. The lowest BCUT2D eigenvalue weighted by Crippen LogP contribution is -2.02. The van der Waals surface area contributed by atoms with Crippen molar-refractivity contribution in [2.45, 2.75) is 18.9 Å². The lowest BCUT2D eigenvalue weighted by molar-refractivity contribution is 0.181. The molecule has 2 heterocycles. The Balaban J connectivity index is 1.70. The molecule has 0 N–H and O–H groups in total. The molecule has 2 aliphatic rings. The molecule has 2 heteroatoms. The van der Waals surface area contributed by atoms with E-state index < -0.39 is 0 Å². The number of rotatable bonds is 2. The SMILES string of the molecule is C1C[C@H](C[C@H]2CO2)CO1. The normalized spacial score (nSPS) is 41.3. The van der Waals surface area contributed by atoms with Gasteiger partial charge in [-0.05, 0) is 18.8 Å². The first kappa shape index (κ1) is 5.69. The molecule has 0 aromatic heterocycles. The Morgan fingerprint density at radius 2 is 2.22 bits per heavy atom. The van der Waals surface area contributed by atoms with Crippen LogP contribution in [0.4, 0.5) is 0 Å². The number of ether oxygens (including phenoxy) is 2. The number of hydrogen-bond acceptors (Lipinski definition) is 2. The summed E-state index contributed by atoms with van der Waals surface area (Å²) in [6, 6.07) is 0. The van der Waals surface area contributed by atoms with E-state index in [2.05, 4.69) is 0 Å². The van der Waals surface area contributed by atoms with Crippen LogP contribution in [-0.2, 0) is 9.47 Å². The first-order chi connectivity index (χ1) is 4.45. The molecule has 0 aromatic rings. The first-order valence-electron chi connectivity index (χ1n) is 3.64. The minimum atomic E-state index is 0.594. The van der Waals surface area contributed by atoms with Gasteiger partial charge in [-0.1, -0.05) is 0 Å². The molecule has 52 valence electrons. The van der Waals surface area contributed by atoms with Crippen molar-refractivity contribution in [1.82, 2.24) is 0 Å². The Morgan fingerprint density at radius 3 is 2.78 bits per heavy atom. The molecule has 2 nitrogen and oxygen atoms in total. The van der Waals surface area contributed by atoms with Gasteiger partial charge < -0.3 is 9.47 Å². The van der Waals surface area contributed by atoms with E-state index in [1.54, 1.807) is 0 Å². The Kier molecular flexibility index (Phi) is 1.44. The Hall–Kier alpha value is -0.0800. The summed E-state index contributed by atoms with van der Waals surface area (Å²) in [5.41, 5.74) is 0. The largest absolute Gasteiger partial charge is 0.381 e. The van der Waals surface area contributed by atoms with Gasteiger partial charge in [0.05, 0.1) is 12.7 Å². The summed E-state index contributed by atoms with van der Waals surface area (Å²) in [6.45, 7) is 2.94. The van der Waals surface area contributed by atoms with E-state index in [1.807, 2.05) is 0 Å². The molecule has 9 heavy (non-hydrogen) atoms. The monoisotopic (exact) mass is 128 g/mol. The second-order valence-corrected chi connectivity index (χ2v) is 2.92. The molecule has 2 aliphatic heterocycles. The van der Waals surface area contributed by atoms with E-state index in [4.69, 9.17) is 9.47 Å². The summed E-state index contributed by atoms with van der Waals surface area (Å²) in [4.78, 5) is 0. The second-order valence-electron chi connectivity index (χ2n) is 2.92. The maximum atomic E-state index is 5.23. The highest BCUT2D eigenvalue weighted by molar-refractivity contribution is 4.75. The third-order valence-corrected chi connectivity index (χ3v) is 2.02. The molecule has 0 radical (unpaired) electrons. The fourth-order valence-electron chi connectivity index (χ4n) is 1.35. The van der Waals surface area contributed by atoms with Gasteiger partial charge in [-0.25, -0.2) is 0 Å². The Labute approximate surface area is 55.1 Å². The highest BCUT2D eigenvalue weighted by atomic mass is 16.6. The fourth-order valence-corrected chi connectivity index (χ4v) is 1.35. The van der Waals surface area contributed by atoms with Crippen LogP contribution >= 0.6 is 0 Å². The van der Waals surface area contributed by atoms with Crippen molar-refractivity contribution in [3.63, 3.8) is 0 Å². The van der Waals surface area contributed by atoms with Crippen LogP contribution in [0.25, 0.3) is 0 Å². The topological polar surface area (TPSA) is 21.8 Å². The standard InChI is InChI=1S/C7H12O2/c1-2-8-4-6(1)3-7-5-9-7/h6-7H,1-5H2/t6-,7+/m1/s1. The van der Waals surface area contributed by atoms with Gasteiger partial charge in [-0.3, -0.25) is 0 Å². The van der Waals surface area contributed by atoms with Gasteiger partial charge in [-0.2, -0.15) is 0 Å². The van der Waals surface area contributed by atoms with E-state index in [-0.39, 0.29) is 0 Å². The molecule has 0 saturated carbocycles. The van der Waals surface area contributed by atoms with E-state index in [1.165, 1.54) is 12.8 Å². The van der Waals surface area contributed by atoms with Gasteiger partial charge in [0.2, 0.25) is 0 Å². The average molecular weight is 128 g/mol. The molecule has 0 amide bonds. The van der Waals surface area contributed by atoms with Gasteiger partial charge in [0.1, 0.15) is 0 Å². The van der Waals surface area contributed by atoms with Crippen LogP contribution in [0.2, 0.25) is 0 Å². The van der Waals surface area contributed by atoms with Crippen LogP contribution in [0, 0.1) is 5.92 Å². The molecule has 0 spiro atoms. The van der Waals surface area contributed by atoms with Gasteiger partial charge >= 0.3 is 0 Å². The summed E-state index contributed by atoms with van der Waals surface area (Å²) < 4.78 is 10.3. The summed E-state index contributed by atoms with van der Waals surface area (Å²) >= 11 is 0. The summed E-state index contributed by atoms with van der Waals surface area (Å²) in [5.74, 6) is 0.803. The molecule has 2 saturated heterocycles. The van der Waals surface area contributed by atoms with Crippen molar-refractivity contribution in [2.24, 2.45) is 5.92 Å². The van der Waals surface area contributed by atoms with E-state index in [9.17, 15) is 0 Å². The predicted octanol–water partition coefficient (Wildman–Crippen LogP) is 0.812. The number of hydrogen-bond donors (Lipinski definition) is 0. The molecular weight excluding hydrogens is 116 g/mol. The Morgan fingerprint density at radius 1 is 1.33 bits per heavy atom. The van der Waals surface area contributed by atoms with E-state index in [0.29, 0.717) is 6.10 Å². The molecule has 2 rings (SSSR count). The van der Waals surface area contributed by atoms with Crippen molar-refractivity contribution < 1.29 is 9.47 Å². The minimum Gasteiger partial charge on any atom is -0.381 e. The van der Waals surface area contributed by atoms with E-state index in [0.717, 1.165) is 25.7 Å². The maximum Gasteiger partial charge on any atom is 0.0813 e. The highest BCUT2D eigenvalue weighted by Gasteiger charge is 2.28. The van der Waals surface area contributed by atoms with Gasteiger partial charge in [0, 0.05) is 13.2 Å². The van der Waals surface area contributed by atoms with Crippen LogP contribution in [0.3, 0.4) is 0 Å². The van der Waals surface area contributed by atoms with Crippen molar-refractivity contribution in [3.8, 4) is 0 Å². The van der Waals surface area contributed by atoms with Crippen molar-refractivity contribution in [3.05, 3.63) is 0 Å². The Bertz CT molecular complexity index is 93.1. The predicted molar refractivity (Wildman–Crippen MR) is 33.3 cm³/mol. The number of epoxide rings is 1. The summed E-state index contributed by atoms with van der Waals surface area (Å²) in [7, 11) is 0. The molecule has 0 aliphatic carbocycles. The summed E-state index contributed by atoms with van der Waals surface area (Å²) in [6.07, 6.45) is 3.08. The smallest absolute Gasteiger partial charge is 0.0813 e. The fraction of sp³-hybridized carbons (Fsp3) is 1.00. The third kappa shape index (κ3) is 1.43. The van der Waals surface area contributed by atoms with Crippen molar-refractivity contribution >= 4 is 0 Å². The van der Waals surface area contributed by atoms with Gasteiger partial charge in [0.15, 0.2) is 0 Å². The van der Waals surface area contributed by atoms with Crippen LogP contribution in [0.15, 0.2) is 0 Å².